The van der Waals surface area contributed by atoms with Crippen molar-refractivity contribution in [2.24, 2.45) is 0 Å². The van der Waals surface area contributed by atoms with Crippen LogP contribution in [0.15, 0.2) is 24.3 Å². The molecule has 0 saturated carbocycles. The van der Waals surface area contributed by atoms with Crippen LogP contribution in [-0.2, 0) is 6.54 Å². The van der Waals surface area contributed by atoms with Crippen molar-refractivity contribution in [3.05, 3.63) is 29.8 Å². The fourth-order valence-electron chi connectivity index (χ4n) is 1.21. The first-order valence-electron chi connectivity index (χ1n) is 4.78. The van der Waals surface area contributed by atoms with Gasteiger partial charge in [0.15, 0.2) is 0 Å². The van der Waals surface area contributed by atoms with Crippen LogP contribution >= 0.6 is 0 Å². The van der Waals surface area contributed by atoms with E-state index >= 15 is 0 Å². The number of rotatable bonds is 4. The second-order valence-corrected chi connectivity index (χ2v) is 3.01. The summed E-state index contributed by atoms with van der Waals surface area (Å²) < 4.78 is 5.13. The number of carbonyl (C=O) groups excluding carboxylic acids is 1. The van der Waals surface area contributed by atoms with E-state index in [0.29, 0.717) is 6.54 Å². The molecule has 16 heavy (non-hydrogen) atoms. The molecule has 0 spiro atoms. The van der Waals surface area contributed by atoms with Crippen LogP contribution < -0.4 is 15.4 Å². The first kappa shape index (κ1) is 11.9. The quantitative estimate of drug-likeness (QED) is 0.742. The Hall–Kier alpha value is -2.22. The Bertz CT molecular complexity index is 398. The Balaban J connectivity index is 2.48. The lowest BCUT2D eigenvalue weighted by atomic mass is 10.2. The maximum Gasteiger partial charge on any atom is 0.315 e. The molecular formula is C11H13N3O2. The van der Waals surface area contributed by atoms with Crippen LogP contribution in [0.25, 0.3) is 0 Å². The minimum absolute atomic E-state index is 0.00222. The Morgan fingerprint density at radius 1 is 1.44 bits per heavy atom. The molecular weight excluding hydrogens is 206 g/mol. The highest BCUT2D eigenvalue weighted by Gasteiger charge is 2.03. The summed E-state index contributed by atoms with van der Waals surface area (Å²) in [6, 6.07) is 8.87. The van der Waals surface area contributed by atoms with Gasteiger partial charge in [-0.1, -0.05) is 18.2 Å². The van der Waals surface area contributed by atoms with Crippen LogP contribution in [0.2, 0.25) is 0 Å². The zero-order chi connectivity index (χ0) is 11.8. The van der Waals surface area contributed by atoms with Crippen molar-refractivity contribution >= 4 is 6.03 Å². The highest BCUT2D eigenvalue weighted by Crippen LogP contribution is 2.16. The molecule has 0 atom stereocenters. The van der Waals surface area contributed by atoms with Gasteiger partial charge in [0.05, 0.1) is 13.2 Å². The van der Waals surface area contributed by atoms with Crippen molar-refractivity contribution in [3.8, 4) is 11.8 Å². The van der Waals surface area contributed by atoms with E-state index < -0.39 is 0 Å². The summed E-state index contributed by atoms with van der Waals surface area (Å²) in [5.74, 6) is 0.725. The molecule has 0 radical (unpaired) electrons. The van der Waals surface area contributed by atoms with Crippen LogP contribution in [0.1, 0.15) is 5.56 Å². The van der Waals surface area contributed by atoms with E-state index in [1.54, 1.807) is 7.11 Å². The molecule has 0 fully saturated rings. The number of methoxy groups -OCH3 is 1. The normalized spacial score (nSPS) is 9.00. The minimum atomic E-state index is -0.368. The number of amides is 2. The van der Waals surface area contributed by atoms with Crippen molar-refractivity contribution in [1.82, 2.24) is 10.6 Å². The highest BCUT2D eigenvalue weighted by atomic mass is 16.5. The average Bonchev–Trinajstić information content (AvgIpc) is 2.34. The third-order valence-electron chi connectivity index (χ3n) is 1.96. The molecule has 0 aliphatic heterocycles. The van der Waals surface area contributed by atoms with Gasteiger partial charge in [-0.2, -0.15) is 5.26 Å². The van der Waals surface area contributed by atoms with Gasteiger partial charge in [0.1, 0.15) is 12.3 Å². The molecule has 0 aromatic heterocycles. The molecule has 0 unspecified atom stereocenters. The molecule has 5 nitrogen and oxygen atoms in total. The number of urea groups is 1. The predicted octanol–water partition coefficient (Wildman–Crippen LogP) is 1.02. The van der Waals surface area contributed by atoms with Gasteiger partial charge in [0, 0.05) is 12.1 Å². The van der Waals surface area contributed by atoms with Gasteiger partial charge in [-0.15, -0.1) is 0 Å². The zero-order valence-corrected chi connectivity index (χ0v) is 8.99. The summed E-state index contributed by atoms with van der Waals surface area (Å²) in [6.45, 7) is 0.360. The lowest BCUT2D eigenvalue weighted by Crippen LogP contribution is -2.35. The number of hydrogen-bond donors (Lipinski definition) is 2. The monoisotopic (exact) mass is 219 g/mol. The number of carbonyl (C=O) groups is 1. The Morgan fingerprint density at radius 2 is 2.19 bits per heavy atom. The molecule has 84 valence electrons. The van der Waals surface area contributed by atoms with Gasteiger partial charge >= 0.3 is 6.03 Å². The van der Waals surface area contributed by atoms with E-state index in [-0.39, 0.29) is 12.6 Å². The number of nitrogens with zero attached hydrogens (tertiary/aromatic N) is 1. The maximum absolute atomic E-state index is 11.2. The van der Waals surface area contributed by atoms with Gasteiger partial charge < -0.3 is 15.4 Å². The highest BCUT2D eigenvalue weighted by molar-refractivity contribution is 5.74. The first-order valence-corrected chi connectivity index (χ1v) is 4.78. The lowest BCUT2D eigenvalue weighted by Gasteiger charge is -2.09. The number of hydrogen-bond acceptors (Lipinski definition) is 3. The molecule has 0 heterocycles. The fraction of sp³-hybridized carbons (Fsp3) is 0.273. The Kier molecular flexibility index (Phi) is 4.67. The van der Waals surface area contributed by atoms with Gasteiger partial charge in [-0.3, -0.25) is 0 Å². The molecule has 1 rings (SSSR count). The molecule has 5 heteroatoms. The van der Waals surface area contributed by atoms with Crippen LogP contribution in [-0.4, -0.2) is 19.7 Å². The third kappa shape index (κ3) is 3.50. The summed E-state index contributed by atoms with van der Waals surface area (Å²) in [5.41, 5.74) is 0.886. The van der Waals surface area contributed by atoms with Gasteiger partial charge in [-0.25, -0.2) is 4.79 Å². The van der Waals surface area contributed by atoms with E-state index in [0.717, 1.165) is 11.3 Å². The molecule has 0 aliphatic rings. The summed E-state index contributed by atoms with van der Waals surface area (Å²) in [5, 5.41) is 13.3. The van der Waals surface area contributed by atoms with Crippen molar-refractivity contribution in [2.75, 3.05) is 13.7 Å². The largest absolute Gasteiger partial charge is 0.496 e. The fourth-order valence-corrected chi connectivity index (χ4v) is 1.21. The van der Waals surface area contributed by atoms with E-state index in [4.69, 9.17) is 10.00 Å². The van der Waals surface area contributed by atoms with Gasteiger partial charge in [0.2, 0.25) is 0 Å². The Labute approximate surface area is 94.0 Å². The average molecular weight is 219 g/mol. The van der Waals surface area contributed by atoms with Crippen LogP contribution in [0.4, 0.5) is 4.79 Å². The predicted molar refractivity (Wildman–Crippen MR) is 58.8 cm³/mol. The maximum atomic E-state index is 11.2. The van der Waals surface area contributed by atoms with Crippen molar-refractivity contribution in [3.63, 3.8) is 0 Å². The van der Waals surface area contributed by atoms with E-state index in [2.05, 4.69) is 10.6 Å². The van der Waals surface area contributed by atoms with Crippen molar-refractivity contribution in [1.29, 1.82) is 5.26 Å². The minimum Gasteiger partial charge on any atom is -0.496 e. The van der Waals surface area contributed by atoms with Crippen LogP contribution in [0.3, 0.4) is 0 Å². The zero-order valence-electron chi connectivity index (χ0n) is 8.99. The second-order valence-electron chi connectivity index (χ2n) is 3.01. The van der Waals surface area contributed by atoms with Gasteiger partial charge in [-0.05, 0) is 6.07 Å². The number of nitrogens with one attached hydrogen (secondary N) is 2. The van der Waals surface area contributed by atoms with Crippen molar-refractivity contribution < 1.29 is 9.53 Å². The van der Waals surface area contributed by atoms with E-state index in [1.807, 2.05) is 30.3 Å². The summed E-state index contributed by atoms with van der Waals surface area (Å²) >= 11 is 0. The summed E-state index contributed by atoms with van der Waals surface area (Å²) in [7, 11) is 1.58. The topological polar surface area (TPSA) is 74.2 Å². The second kappa shape index (κ2) is 6.30. The van der Waals surface area contributed by atoms with Gasteiger partial charge in [0.25, 0.3) is 0 Å². The molecule has 2 amide bonds. The van der Waals surface area contributed by atoms with E-state index in [9.17, 15) is 4.79 Å². The Morgan fingerprint density at radius 3 is 2.88 bits per heavy atom. The smallest absolute Gasteiger partial charge is 0.315 e. The van der Waals surface area contributed by atoms with E-state index in [1.165, 1.54) is 0 Å². The summed E-state index contributed by atoms with van der Waals surface area (Å²) in [4.78, 5) is 11.2. The summed E-state index contributed by atoms with van der Waals surface area (Å²) in [6.07, 6.45) is 0. The lowest BCUT2D eigenvalue weighted by molar-refractivity contribution is 0.241. The molecule has 2 N–H and O–H groups in total. The standard InChI is InChI=1S/C11H13N3O2/c1-16-10-5-3-2-4-9(10)8-14-11(15)13-7-6-12/h2-5H,7-8H2,1H3,(H2,13,14,15). The number of nitriles is 1. The molecule has 1 aromatic rings. The first-order chi connectivity index (χ1) is 7.77. The van der Waals surface area contributed by atoms with Crippen molar-refractivity contribution in [2.45, 2.75) is 6.54 Å². The number of para-hydroxylation sites is 1. The number of benzene rings is 1. The molecule has 0 saturated heterocycles. The van der Waals surface area contributed by atoms with Crippen LogP contribution in [0, 0.1) is 11.3 Å². The molecule has 1 aromatic carbocycles. The third-order valence-corrected chi connectivity index (χ3v) is 1.96. The SMILES string of the molecule is COc1ccccc1CNC(=O)NCC#N. The van der Waals surface area contributed by atoms with Crippen LogP contribution in [0.5, 0.6) is 5.75 Å². The molecule has 0 aliphatic carbocycles. The molecule has 0 bridgehead atoms. The number of ether oxygens (including phenoxy) is 1.